The molecule has 8 nitrogen and oxygen atoms in total. The van der Waals surface area contributed by atoms with Crippen molar-refractivity contribution in [3.63, 3.8) is 0 Å². The molecular formula is C13H13N5O3. The summed E-state index contributed by atoms with van der Waals surface area (Å²) in [6.45, 7) is 1.82. The Morgan fingerprint density at radius 2 is 2.10 bits per heavy atom. The predicted octanol–water partition coefficient (Wildman–Crippen LogP) is 1.84. The highest BCUT2D eigenvalue weighted by Gasteiger charge is 2.16. The van der Waals surface area contributed by atoms with Crippen LogP contribution in [0.1, 0.15) is 16.1 Å². The number of hydrazine groups is 1. The van der Waals surface area contributed by atoms with Crippen LogP contribution in [0, 0.1) is 17.0 Å². The standard InChI is InChI=1S/C13H13N5O3/c1-8-2-3-9(7-15-8)16-13(19)11-6-10(18(20)21)4-5-12(11)17-14/h2-7,17H,14H2,1H3,(H,16,19). The Labute approximate surface area is 120 Å². The number of anilines is 2. The van der Waals surface area contributed by atoms with Crippen molar-refractivity contribution in [1.82, 2.24) is 4.98 Å². The normalized spacial score (nSPS) is 10.0. The number of nitrogen functional groups attached to an aromatic ring is 1. The van der Waals surface area contributed by atoms with Crippen molar-refractivity contribution in [2.75, 3.05) is 10.7 Å². The van der Waals surface area contributed by atoms with Crippen LogP contribution in [0.15, 0.2) is 36.5 Å². The number of amides is 1. The summed E-state index contributed by atoms with van der Waals surface area (Å²) in [7, 11) is 0. The van der Waals surface area contributed by atoms with Gasteiger partial charge in [0.2, 0.25) is 0 Å². The monoisotopic (exact) mass is 287 g/mol. The third-order valence-corrected chi connectivity index (χ3v) is 2.78. The molecule has 4 N–H and O–H groups in total. The van der Waals surface area contributed by atoms with Crippen molar-refractivity contribution >= 4 is 23.0 Å². The number of non-ortho nitro benzene ring substituents is 1. The van der Waals surface area contributed by atoms with Crippen LogP contribution in [0.5, 0.6) is 0 Å². The molecule has 0 aliphatic heterocycles. The smallest absolute Gasteiger partial charge is 0.270 e. The lowest BCUT2D eigenvalue weighted by molar-refractivity contribution is -0.384. The van der Waals surface area contributed by atoms with Gasteiger partial charge in [-0.15, -0.1) is 0 Å². The van der Waals surface area contributed by atoms with Crippen LogP contribution in [-0.4, -0.2) is 15.8 Å². The molecule has 0 aliphatic rings. The third-order valence-electron chi connectivity index (χ3n) is 2.78. The highest BCUT2D eigenvalue weighted by Crippen LogP contribution is 2.22. The van der Waals surface area contributed by atoms with Gasteiger partial charge in [0.05, 0.1) is 28.1 Å². The van der Waals surface area contributed by atoms with Gasteiger partial charge in [-0.1, -0.05) is 0 Å². The van der Waals surface area contributed by atoms with Gasteiger partial charge >= 0.3 is 0 Å². The van der Waals surface area contributed by atoms with Crippen LogP contribution in [-0.2, 0) is 0 Å². The Morgan fingerprint density at radius 1 is 1.33 bits per heavy atom. The minimum absolute atomic E-state index is 0.0762. The number of nitrogens with one attached hydrogen (secondary N) is 2. The summed E-state index contributed by atoms with van der Waals surface area (Å²) >= 11 is 0. The molecule has 2 aromatic rings. The average Bonchev–Trinajstić information content (AvgIpc) is 2.48. The van der Waals surface area contributed by atoms with Crippen LogP contribution in [0.3, 0.4) is 0 Å². The molecule has 0 spiro atoms. The maximum absolute atomic E-state index is 12.2. The van der Waals surface area contributed by atoms with E-state index >= 15 is 0 Å². The third kappa shape index (κ3) is 3.31. The van der Waals surface area contributed by atoms with E-state index in [1.54, 1.807) is 12.1 Å². The number of nitro benzene ring substituents is 1. The van der Waals surface area contributed by atoms with Gasteiger partial charge in [0, 0.05) is 17.8 Å². The maximum atomic E-state index is 12.2. The van der Waals surface area contributed by atoms with E-state index in [0.29, 0.717) is 5.69 Å². The van der Waals surface area contributed by atoms with Crippen LogP contribution < -0.4 is 16.6 Å². The topological polar surface area (TPSA) is 123 Å². The van der Waals surface area contributed by atoms with E-state index in [1.807, 2.05) is 6.92 Å². The number of aryl methyl sites for hydroxylation is 1. The lowest BCUT2D eigenvalue weighted by Crippen LogP contribution is -2.17. The number of pyridine rings is 1. The first kappa shape index (κ1) is 14.4. The van der Waals surface area contributed by atoms with E-state index in [2.05, 4.69) is 15.7 Å². The zero-order valence-electron chi connectivity index (χ0n) is 11.2. The van der Waals surface area contributed by atoms with E-state index in [1.165, 1.54) is 18.3 Å². The molecule has 0 saturated carbocycles. The minimum Gasteiger partial charge on any atom is -0.323 e. The summed E-state index contributed by atoms with van der Waals surface area (Å²) in [6, 6.07) is 7.23. The Morgan fingerprint density at radius 3 is 2.67 bits per heavy atom. The second kappa shape index (κ2) is 5.97. The molecule has 0 aliphatic carbocycles. The number of nitrogens with zero attached hydrogens (tertiary/aromatic N) is 2. The maximum Gasteiger partial charge on any atom is 0.270 e. The number of aromatic nitrogens is 1. The Hall–Kier alpha value is -3.00. The molecule has 0 fully saturated rings. The SMILES string of the molecule is Cc1ccc(NC(=O)c2cc([N+](=O)[O-])ccc2NN)cn1. The molecule has 0 bridgehead atoms. The van der Waals surface area contributed by atoms with E-state index in [0.717, 1.165) is 11.8 Å². The first-order chi connectivity index (χ1) is 10.0. The van der Waals surface area contributed by atoms with Gasteiger partial charge in [-0.05, 0) is 25.1 Å². The number of benzene rings is 1. The van der Waals surface area contributed by atoms with Gasteiger partial charge < -0.3 is 10.7 Å². The molecule has 1 aromatic carbocycles. The molecule has 8 heteroatoms. The van der Waals surface area contributed by atoms with Gasteiger partial charge in [-0.2, -0.15) is 0 Å². The van der Waals surface area contributed by atoms with Gasteiger partial charge in [0.25, 0.3) is 11.6 Å². The number of nitrogens with two attached hydrogens (primary N) is 1. The molecule has 1 amide bonds. The number of hydrogen-bond donors (Lipinski definition) is 3. The first-order valence-electron chi connectivity index (χ1n) is 6.00. The largest absolute Gasteiger partial charge is 0.323 e. The fraction of sp³-hybridized carbons (Fsp3) is 0.0769. The molecular weight excluding hydrogens is 274 g/mol. The van der Waals surface area contributed by atoms with Crippen LogP contribution in [0.2, 0.25) is 0 Å². The summed E-state index contributed by atoms with van der Waals surface area (Å²) in [5, 5.41) is 13.4. The van der Waals surface area contributed by atoms with Gasteiger partial charge in [0.15, 0.2) is 0 Å². The van der Waals surface area contributed by atoms with Crippen LogP contribution >= 0.6 is 0 Å². The molecule has 1 aromatic heterocycles. The highest BCUT2D eigenvalue weighted by molar-refractivity contribution is 6.08. The average molecular weight is 287 g/mol. The van der Waals surface area contributed by atoms with Crippen molar-refractivity contribution in [3.8, 4) is 0 Å². The number of carbonyl (C=O) groups is 1. The Kier molecular flexibility index (Phi) is 4.10. The fourth-order valence-electron chi connectivity index (χ4n) is 1.70. The summed E-state index contributed by atoms with van der Waals surface area (Å²) in [5.41, 5.74) is 3.81. The lowest BCUT2D eigenvalue weighted by Gasteiger charge is -2.09. The lowest BCUT2D eigenvalue weighted by atomic mass is 10.1. The van der Waals surface area contributed by atoms with E-state index in [-0.39, 0.29) is 16.9 Å². The van der Waals surface area contributed by atoms with Gasteiger partial charge in [0.1, 0.15) is 0 Å². The Bertz CT molecular complexity index is 685. The summed E-state index contributed by atoms with van der Waals surface area (Å²) in [5.74, 6) is 4.80. The second-order valence-corrected chi connectivity index (χ2v) is 4.27. The molecule has 21 heavy (non-hydrogen) atoms. The Balaban J connectivity index is 2.30. The molecule has 0 saturated heterocycles. The minimum atomic E-state index is -0.579. The summed E-state index contributed by atoms with van der Waals surface area (Å²) in [6.07, 6.45) is 1.50. The van der Waals surface area contributed by atoms with Gasteiger partial charge in [-0.3, -0.25) is 25.7 Å². The van der Waals surface area contributed by atoms with E-state index in [4.69, 9.17) is 5.84 Å². The van der Waals surface area contributed by atoms with E-state index in [9.17, 15) is 14.9 Å². The van der Waals surface area contributed by atoms with Crippen molar-refractivity contribution in [1.29, 1.82) is 0 Å². The number of hydrogen-bond acceptors (Lipinski definition) is 6. The van der Waals surface area contributed by atoms with Crippen molar-refractivity contribution in [2.24, 2.45) is 5.84 Å². The molecule has 2 rings (SSSR count). The molecule has 0 atom stereocenters. The summed E-state index contributed by atoms with van der Waals surface area (Å²) in [4.78, 5) is 26.5. The van der Waals surface area contributed by atoms with Crippen molar-refractivity contribution in [2.45, 2.75) is 6.92 Å². The highest BCUT2D eigenvalue weighted by atomic mass is 16.6. The van der Waals surface area contributed by atoms with Crippen molar-refractivity contribution < 1.29 is 9.72 Å². The van der Waals surface area contributed by atoms with Gasteiger partial charge in [-0.25, -0.2) is 0 Å². The van der Waals surface area contributed by atoms with Crippen molar-refractivity contribution in [3.05, 3.63) is 57.9 Å². The number of rotatable bonds is 4. The zero-order chi connectivity index (χ0) is 15.4. The molecule has 0 radical (unpaired) electrons. The van der Waals surface area contributed by atoms with Crippen LogP contribution in [0.25, 0.3) is 0 Å². The number of carbonyl (C=O) groups excluding carboxylic acids is 1. The molecule has 0 unspecified atom stereocenters. The first-order valence-corrected chi connectivity index (χ1v) is 6.00. The number of nitro groups is 1. The molecule has 108 valence electrons. The van der Waals surface area contributed by atoms with E-state index < -0.39 is 10.8 Å². The quantitative estimate of drug-likeness (QED) is 0.448. The second-order valence-electron chi connectivity index (χ2n) is 4.27. The predicted molar refractivity (Wildman–Crippen MR) is 77.8 cm³/mol. The zero-order valence-corrected chi connectivity index (χ0v) is 11.2. The molecule has 1 heterocycles. The fourth-order valence-corrected chi connectivity index (χ4v) is 1.70. The van der Waals surface area contributed by atoms with Crippen LogP contribution in [0.4, 0.5) is 17.1 Å². The summed E-state index contributed by atoms with van der Waals surface area (Å²) < 4.78 is 0.